The summed E-state index contributed by atoms with van der Waals surface area (Å²) in [7, 11) is -30.3. The van der Waals surface area contributed by atoms with Gasteiger partial charge in [-0.2, -0.15) is 0 Å². The molecule has 77 heavy (non-hydrogen) atoms. The van der Waals surface area contributed by atoms with Crippen molar-refractivity contribution in [3.63, 3.8) is 0 Å². The lowest BCUT2D eigenvalue weighted by Gasteiger charge is -2.48. The van der Waals surface area contributed by atoms with Crippen LogP contribution in [-0.2, 0) is 121 Å². The van der Waals surface area contributed by atoms with Crippen LogP contribution in [-0.4, -0.2) is 262 Å². The number of nitrogens with one attached hydrogen (secondary N) is 2. The van der Waals surface area contributed by atoms with Crippen LogP contribution < -0.4 is 10.6 Å². The maximum atomic E-state index is 12.8. The van der Waals surface area contributed by atoms with Crippen LogP contribution in [0.4, 0.5) is 0 Å². The smallest absolute Gasteiger partial charge is 0.333 e. The second kappa shape index (κ2) is 26.6. The van der Waals surface area contributed by atoms with E-state index >= 15 is 0 Å². The fraction of sp³-hybridized carbons (Fsp3) is 0.879. The van der Waals surface area contributed by atoms with E-state index < -0.39 is 243 Å². The van der Waals surface area contributed by atoms with Gasteiger partial charge in [0.2, 0.25) is 63.8 Å². The normalized spacial score (nSPS) is 36.6. The summed E-state index contributed by atoms with van der Waals surface area (Å²) in [4.78, 5) is 49.5. The SMILES string of the molecule is CC(=O)NC1[C@H](O)OC(CO)[C@@H](O)[C@H]1CO[C@@H]1OC(C(=O)O)[C@H](COC[C@@H]2OC(CO)[C@@H](OS(=O)(=O)[O-])[C@@H](CO[C@@H]3CC(C(=O)O)[C@@H](O)[C@@H](OS(=O)(=O)[O-])C3OS(=O)(=O)[O-])C2NC(C)=O)[C@@H](OS(=O)(=O)[O-])C1OS(=O)(=O)[O-]. The van der Waals surface area contributed by atoms with E-state index in [0.29, 0.717) is 0 Å². The molecule has 4 fully saturated rings. The minimum absolute atomic E-state index is 0.781. The van der Waals surface area contributed by atoms with Gasteiger partial charge < -0.3 is 97.6 Å². The number of amides is 2. The van der Waals surface area contributed by atoms with Gasteiger partial charge in [-0.15, -0.1) is 0 Å². The molecule has 0 spiro atoms. The number of carboxylic acids is 2. The minimum atomic E-state index is -6.18. The number of carboxylic acid groups (broad SMARTS) is 2. The van der Waals surface area contributed by atoms with Crippen molar-refractivity contribution >= 4 is 75.7 Å². The molecule has 0 radical (unpaired) electrons. The summed E-state index contributed by atoms with van der Waals surface area (Å²) in [6, 6.07) is -3.62. The van der Waals surface area contributed by atoms with Gasteiger partial charge in [-0.1, -0.05) is 0 Å². The lowest BCUT2D eigenvalue weighted by atomic mass is 9.80. The number of carbonyl (C=O) groups is 4. The van der Waals surface area contributed by atoms with Crippen LogP contribution in [0.1, 0.15) is 20.3 Å². The molecule has 8 unspecified atom stereocenters. The molecular formula is C33H49N2O37S5-5. The average Bonchev–Trinajstić information content (AvgIpc) is 3.25. The molecule has 3 heterocycles. The number of carbonyl (C=O) groups excluding carboxylic acids is 2. The predicted octanol–water partition coefficient (Wildman–Crippen LogP) is -10.4. The highest BCUT2D eigenvalue weighted by Crippen LogP contribution is 2.38. The molecule has 4 aliphatic rings. The van der Waals surface area contributed by atoms with Crippen LogP contribution >= 0.6 is 0 Å². The molecule has 3 saturated heterocycles. The Kier molecular flexibility index (Phi) is 22.9. The van der Waals surface area contributed by atoms with Crippen LogP contribution in [0, 0.1) is 23.7 Å². The number of hydrogen-bond donors (Lipinski definition) is 9. The highest BCUT2D eigenvalue weighted by Gasteiger charge is 2.56. The fourth-order valence-corrected chi connectivity index (χ4v) is 11.5. The summed E-state index contributed by atoms with van der Waals surface area (Å²) < 4.78 is 234. The number of aliphatic hydroxyl groups excluding tert-OH is 5. The largest absolute Gasteiger partial charge is 0.726 e. The number of rotatable bonds is 26. The van der Waals surface area contributed by atoms with Gasteiger partial charge in [-0.05, 0) is 6.42 Å². The van der Waals surface area contributed by atoms with Gasteiger partial charge >= 0.3 is 11.9 Å². The van der Waals surface area contributed by atoms with Gasteiger partial charge in [0.15, 0.2) is 24.8 Å². The second-order valence-corrected chi connectivity index (χ2v) is 22.1. The topological polar surface area (TPSA) is 621 Å². The van der Waals surface area contributed by atoms with E-state index in [4.69, 9.17) is 28.4 Å². The van der Waals surface area contributed by atoms with E-state index in [9.17, 15) is 120 Å². The molecular weight excluding hydrogens is 1180 g/mol. The van der Waals surface area contributed by atoms with Gasteiger partial charge in [-0.25, -0.2) is 46.9 Å². The molecule has 0 aromatic carbocycles. The molecule has 39 nitrogen and oxygen atoms in total. The number of aliphatic carboxylic acids is 2. The molecule has 44 heteroatoms. The highest BCUT2D eigenvalue weighted by molar-refractivity contribution is 7.81. The molecule has 1 aliphatic carbocycles. The van der Waals surface area contributed by atoms with Crippen molar-refractivity contribution in [1.29, 1.82) is 0 Å². The fourth-order valence-electron chi connectivity index (χ4n) is 8.92. The summed E-state index contributed by atoms with van der Waals surface area (Å²) >= 11 is 0. The van der Waals surface area contributed by atoms with Crippen LogP contribution in [0.25, 0.3) is 0 Å². The monoisotopic (exact) mass is 1230 g/mol. The van der Waals surface area contributed by atoms with Gasteiger partial charge in [0.05, 0.1) is 81.9 Å². The van der Waals surface area contributed by atoms with Crippen molar-refractivity contribution in [3.05, 3.63) is 0 Å². The van der Waals surface area contributed by atoms with Gasteiger partial charge in [0.1, 0.15) is 42.7 Å². The van der Waals surface area contributed by atoms with Crippen molar-refractivity contribution in [2.24, 2.45) is 23.7 Å². The Bertz CT molecular complexity index is 2640. The molecule has 2 amide bonds. The first kappa shape index (κ1) is 66.3. The maximum absolute atomic E-state index is 12.8. The zero-order valence-electron chi connectivity index (χ0n) is 38.9. The third kappa shape index (κ3) is 19.2. The maximum Gasteiger partial charge on any atom is 0.333 e. The van der Waals surface area contributed by atoms with E-state index in [-0.39, 0.29) is 0 Å². The van der Waals surface area contributed by atoms with Crippen LogP contribution in [0.15, 0.2) is 0 Å². The summed E-state index contributed by atoms with van der Waals surface area (Å²) in [5, 5.41) is 76.5. The molecule has 0 aromatic rings. The Balaban J connectivity index is 1.76. The molecule has 20 atom stereocenters. The van der Waals surface area contributed by atoms with Crippen LogP contribution in [0.5, 0.6) is 0 Å². The van der Waals surface area contributed by atoms with E-state index in [1.165, 1.54) is 0 Å². The van der Waals surface area contributed by atoms with Crippen molar-refractivity contribution in [2.45, 2.75) is 118 Å². The van der Waals surface area contributed by atoms with Crippen molar-refractivity contribution in [3.8, 4) is 0 Å². The Morgan fingerprint density at radius 2 is 1.00 bits per heavy atom. The Morgan fingerprint density at radius 3 is 1.49 bits per heavy atom. The standard InChI is InChI=1S/C33H54N2O37S5/c1-10(38)34-20-14(8-63-16-3-12(30(42)43)23(41)28(71-76(56,57)58)27(16)70-75(53,54)55)24(68-73(47,48)49)18(5-37)65-19(20)9-62-6-15-25(69-74(50,51)52)29(72-77(59,60)61)33(67-26(15)31(44)45)64-7-13-21(35-11(2)39)32(46)66-17(4-36)22(13)40/h12-29,32-33,36-37,40-41,46H,3-9H2,1-2H3,(H,34,38)(H,35,39)(H,42,43)(H,44,45)(H,47,48,49)(H,50,51,52)(H,53,54,55)(H,56,57,58)(H,59,60,61)/p-5/t12?,13-,14-,15+,16+,17?,18?,19-,20?,21?,22-,23+,24-,25+,26?,27?,28+,29?,32+,33+/m0/s1. The number of aliphatic hydroxyl groups is 5. The third-order valence-corrected chi connectivity index (χ3v) is 14.2. The lowest BCUT2D eigenvalue weighted by Crippen LogP contribution is -2.65. The zero-order valence-corrected chi connectivity index (χ0v) is 43.0. The van der Waals surface area contributed by atoms with Gasteiger partial charge in [0, 0.05) is 25.7 Å². The number of ether oxygens (including phenoxy) is 6. The summed E-state index contributed by atoms with van der Waals surface area (Å²) in [6.07, 6.45) is -34.8. The number of hydrogen-bond acceptors (Lipinski definition) is 35. The van der Waals surface area contributed by atoms with Crippen molar-refractivity contribution in [2.75, 3.05) is 39.6 Å². The second-order valence-electron chi connectivity index (χ2n) is 17.1. The van der Waals surface area contributed by atoms with Crippen LogP contribution in [0.3, 0.4) is 0 Å². The summed E-state index contributed by atoms with van der Waals surface area (Å²) in [6.45, 7) is -5.64. The Labute approximate surface area is 435 Å². The lowest BCUT2D eigenvalue weighted by molar-refractivity contribution is -0.295. The third-order valence-electron chi connectivity index (χ3n) is 11.9. The van der Waals surface area contributed by atoms with E-state index in [1.54, 1.807) is 0 Å². The average molecular weight is 1230 g/mol. The van der Waals surface area contributed by atoms with E-state index in [2.05, 4.69) is 31.5 Å². The Hall–Kier alpha value is -3.21. The first-order valence-corrected chi connectivity index (χ1v) is 28.1. The predicted molar refractivity (Wildman–Crippen MR) is 223 cm³/mol. The first-order chi connectivity index (χ1) is 35.2. The molecule has 9 N–H and O–H groups in total. The summed E-state index contributed by atoms with van der Waals surface area (Å²) in [5.41, 5.74) is 0. The van der Waals surface area contributed by atoms with Crippen molar-refractivity contribution in [1.82, 2.24) is 10.6 Å². The molecule has 448 valence electrons. The molecule has 1 saturated carbocycles. The highest BCUT2D eigenvalue weighted by atomic mass is 32.3. The van der Waals surface area contributed by atoms with E-state index in [0.717, 1.165) is 13.8 Å². The molecule has 4 rings (SSSR count). The van der Waals surface area contributed by atoms with E-state index in [1.807, 2.05) is 0 Å². The molecule has 0 bridgehead atoms. The quantitative estimate of drug-likeness (QED) is 0.0287. The van der Waals surface area contributed by atoms with Gasteiger partial charge in [-0.3, -0.25) is 35.3 Å². The minimum Gasteiger partial charge on any atom is -0.726 e. The first-order valence-electron chi connectivity index (χ1n) is 21.5. The van der Waals surface area contributed by atoms with Crippen LogP contribution in [0.2, 0.25) is 0 Å². The molecule has 3 aliphatic heterocycles. The Morgan fingerprint density at radius 1 is 0.519 bits per heavy atom. The summed E-state index contributed by atoms with van der Waals surface area (Å²) in [5.74, 6) is -14.4. The van der Waals surface area contributed by atoms with Crippen molar-refractivity contribution < 1.29 is 169 Å². The van der Waals surface area contributed by atoms with Gasteiger partial charge in [0.25, 0.3) is 0 Å². The zero-order chi connectivity index (χ0) is 58.5. The molecule has 0 aromatic heterocycles.